The largest absolute Gasteiger partial charge is 0.378 e. The predicted octanol–water partition coefficient (Wildman–Crippen LogP) is 0.319. The van der Waals surface area contributed by atoms with Crippen molar-refractivity contribution in [3.05, 3.63) is 0 Å². The molecule has 0 aromatic rings. The van der Waals surface area contributed by atoms with Gasteiger partial charge in [0.15, 0.2) is 5.11 Å². The van der Waals surface area contributed by atoms with Crippen LogP contribution in [0.3, 0.4) is 0 Å². The number of amides is 1. The zero-order valence-corrected chi connectivity index (χ0v) is 8.95. The van der Waals surface area contributed by atoms with Crippen LogP contribution in [0.2, 0.25) is 0 Å². The van der Waals surface area contributed by atoms with E-state index in [1.165, 1.54) is 0 Å². The van der Waals surface area contributed by atoms with Gasteiger partial charge < -0.3 is 15.4 Å². The molecule has 4 nitrogen and oxygen atoms in total. The van der Waals surface area contributed by atoms with Crippen molar-refractivity contribution < 1.29 is 9.53 Å². The minimum atomic E-state index is -0.490. The highest BCUT2D eigenvalue weighted by molar-refractivity contribution is 7.80. The molecule has 2 saturated heterocycles. The second-order valence-corrected chi connectivity index (χ2v) is 4.25. The van der Waals surface area contributed by atoms with Gasteiger partial charge in [-0.15, -0.1) is 0 Å². The van der Waals surface area contributed by atoms with Crippen LogP contribution < -0.4 is 10.6 Å². The summed E-state index contributed by atoms with van der Waals surface area (Å²) in [5, 5.41) is 6.17. The standard InChI is InChI=1S/C9H14N2O2S/c1-2-6-5-9(3-4-13-6)7(12)10-8(14)11-9/h6H,2-5H2,1H3,(H2,10,11,12,14). The van der Waals surface area contributed by atoms with Gasteiger partial charge in [0, 0.05) is 19.4 Å². The molecule has 2 aliphatic rings. The molecule has 1 amide bonds. The van der Waals surface area contributed by atoms with Crippen LogP contribution in [0.4, 0.5) is 0 Å². The molecule has 2 atom stereocenters. The molecule has 2 fully saturated rings. The third-order valence-corrected chi connectivity index (χ3v) is 3.13. The zero-order valence-electron chi connectivity index (χ0n) is 8.13. The van der Waals surface area contributed by atoms with Crippen LogP contribution in [0.15, 0.2) is 0 Å². The third kappa shape index (κ3) is 1.50. The normalized spacial score (nSPS) is 37.1. The summed E-state index contributed by atoms with van der Waals surface area (Å²) in [5.41, 5.74) is -0.490. The molecule has 5 heteroatoms. The van der Waals surface area contributed by atoms with E-state index in [0.717, 1.165) is 12.8 Å². The van der Waals surface area contributed by atoms with Gasteiger partial charge in [-0.2, -0.15) is 0 Å². The highest BCUT2D eigenvalue weighted by Gasteiger charge is 2.47. The molecular formula is C9H14N2O2S. The average molecular weight is 214 g/mol. The second-order valence-electron chi connectivity index (χ2n) is 3.85. The molecule has 1 spiro atoms. The maximum atomic E-state index is 11.7. The molecule has 2 unspecified atom stereocenters. The molecule has 2 rings (SSSR count). The number of carbonyl (C=O) groups is 1. The molecule has 2 N–H and O–H groups in total. The van der Waals surface area contributed by atoms with E-state index in [4.69, 9.17) is 17.0 Å². The van der Waals surface area contributed by atoms with Crippen LogP contribution in [-0.4, -0.2) is 29.3 Å². The maximum Gasteiger partial charge on any atom is 0.252 e. The molecule has 0 aliphatic carbocycles. The van der Waals surface area contributed by atoms with Gasteiger partial charge in [0.25, 0.3) is 5.91 Å². The number of hydrogen-bond acceptors (Lipinski definition) is 3. The molecule has 78 valence electrons. The average Bonchev–Trinajstić information content (AvgIpc) is 2.42. The van der Waals surface area contributed by atoms with Crippen molar-refractivity contribution in [2.75, 3.05) is 6.61 Å². The van der Waals surface area contributed by atoms with Crippen molar-refractivity contribution in [3.63, 3.8) is 0 Å². The van der Waals surface area contributed by atoms with E-state index < -0.39 is 5.54 Å². The van der Waals surface area contributed by atoms with Crippen molar-refractivity contribution in [2.24, 2.45) is 0 Å². The number of rotatable bonds is 1. The number of hydrogen-bond donors (Lipinski definition) is 2. The van der Waals surface area contributed by atoms with Gasteiger partial charge in [-0.05, 0) is 18.6 Å². The minimum absolute atomic E-state index is 0.00394. The fraction of sp³-hybridized carbons (Fsp3) is 0.778. The summed E-state index contributed by atoms with van der Waals surface area (Å²) in [4.78, 5) is 11.7. The third-order valence-electron chi connectivity index (χ3n) is 2.93. The van der Waals surface area contributed by atoms with Gasteiger partial charge in [0.1, 0.15) is 5.54 Å². The second kappa shape index (κ2) is 3.47. The lowest BCUT2D eigenvalue weighted by Crippen LogP contribution is -2.53. The first-order valence-electron chi connectivity index (χ1n) is 4.91. The van der Waals surface area contributed by atoms with Crippen molar-refractivity contribution in [2.45, 2.75) is 37.8 Å². The number of ether oxygens (including phenoxy) is 1. The van der Waals surface area contributed by atoms with Gasteiger partial charge in [-0.1, -0.05) is 6.92 Å². The lowest BCUT2D eigenvalue weighted by Gasteiger charge is -2.35. The summed E-state index contributed by atoms with van der Waals surface area (Å²) in [6.45, 7) is 2.69. The summed E-state index contributed by atoms with van der Waals surface area (Å²) >= 11 is 4.94. The van der Waals surface area contributed by atoms with Gasteiger partial charge >= 0.3 is 0 Å². The number of carbonyl (C=O) groups excluding carboxylic acids is 1. The zero-order chi connectivity index (χ0) is 10.2. The highest BCUT2D eigenvalue weighted by atomic mass is 32.1. The van der Waals surface area contributed by atoms with Crippen LogP contribution in [0.25, 0.3) is 0 Å². The Kier molecular flexibility index (Phi) is 2.45. The number of nitrogens with one attached hydrogen (secondary N) is 2. The maximum absolute atomic E-state index is 11.7. The fourth-order valence-corrected chi connectivity index (χ4v) is 2.35. The molecule has 0 aromatic heterocycles. The molecule has 0 saturated carbocycles. The molecule has 0 aromatic carbocycles. The lowest BCUT2D eigenvalue weighted by atomic mass is 9.86. The summed E-state index contributed by atoms with van der Waals surface area (Å²) < 4.78 is 5.53. The SMILES string of the molecule is CCC1CC2(CCO1)NC(=S)NC2=O. The Morgan fingerprint density at radius 3 is 3.07 bits per heavy atom. The van der Waals surface area contributed by atoms with Crippen LogP contribution >= 0.6 is 12.2 Å². The number of thiocarbonyl (C=S) groups is 1. The fourth-order valence-electron chi connectivity index (χ4n) is 2.06. The predicted molar refractivity (Wildman–Crippen MR) is 55.9 cm³/mol. The van der Waals surface area contributed by atoms with Gasteiger partial charge in [0.2, 0.25) is 0 Å². The lowest BCUT2D eigenvalue weighted by molar-refractivity contribution is -0.129. The molecule has 2 heterocycles. The van der Waals surface area contributed by atoms with Gasteiger partial charge in [-0.25, -0.2) is 0 Å². The summed E-state index contributed by atoms with van der Waals surface area (Å²) in [6.07, 6.45) is 2.52. The quantitative estimate of drug-likeness (QED) is 0.617. The van der Waals surface area contributed by atoms with E-state index in [2.05, 4.69) is 17.6 Å². The Bertz CT molecular complexity index is 282. The Balaban J connectivity index is 2.15. The van der Waals surface area contributed by atoms with Crippen molar-refractivity contribution in [1.82, 2.24) is 10.6 Å². The Morgan fingerprint density at radius 1 is 1.71 bits per heavy atom. The van der Waals surface area contributed by atoms with Crippen LogP contribution in [0.5, 0.6) is 0 Å². The monoisotopic (exact) mass is 214 g/mol. The molecule has 0 radical (unpaired) electrons. The van der Waals surface area contributed by atoms with E-state index in [1.807, 2.05) is 0 Å². The van der Waals surface area contributed by atoms with Gasteiger partial charge in [-0.3, -0.25) is 4.79 Å². The summed E-state index contributed by atoms with van der Waals surface area (Å²) in [5.74, 6) is 0.00394. The highest BCUT2D eigenvalue weighted by Crippen LogP contribution is 2.28. The van der Waals surface area contributed by atoms with E-state index in [9.17, 15) is 4.79 Å². The van der Waals surface area contributed by atoms with E-state index in [0.29, 0.717) is 18.1 Å². The van der Waals surface area contributed by atoms with E-state index >= 15 is 0 Å². The topological polar surface area (TPSA) is 50.4 Å². The summed E-state index contributed by atoms with van der Waals surface area (Å²) in [7, 11) is 0. The summed E-state index contributed by atoms with van der Waals surface area (Å²) in [6, 6.07) is 0. The van der Waals surface area contributed by atoms with E-state index in [-0.39, 0.29) is 12.0 Å². The van der Waals surface area contributed by atoms with Crippen LogP contribution in [0.1, 0.15) is 26.2 Å². The molecule has 0 bridgehead atoms. The first-order chi connectivity index (χ1) is 6.66. The first kappa shape index (κ1) is 9.86. The van der Waals surface area contributed by atoms with Crippen molar-refractivity contribution in [1.29, 1.82) is 0 Å². The van der Waals surface area contributed by atoms with E-state index in [1.54, 1.807) is 0 Å². The van der Waals surface area contributed by atoms with Crippen LogP contribution in [0, 0.1) is 0 Å². The van der Waals surface area contributed by atoms with Crippen molar-refractivity contribution >= 4 is 23.2 Å². The molecule has 2 aliphatic heterocycles. The van der Waals surface area contributed by atoms with Gasteiger partial charge in [0.05, 0.1) is 6.10 Å². The molecular weight excluding hydrogens is 200 g/mol. The molecule has 14 heavy (non-hydrogen) atoms. The van der Waals surface area contributed by atoms with Crippen molar-refractivity contribution in [3.8, 4) is 0 Å². The Labute approximate surface area is 88.4 Å². The smallest absolute Gasteiger partial charge is 0.252 e. The Hall–Kier alpha value is -0.680. The Morgan fingerprint density at radius 2 is 2.50 bits per heavy atom. The van der Waals surface area contributed by atoms with Crippen LogP contribution in [-0.2, 0) is 9.53 Å². The minimum Gasteiger partial charge on any atom is -0.378 e. The first-order valence-corrected chi connectivity index (χ1v) is 5.32.